The number of nitrogens with one attached hydrogen (secondary N) is 3. The lowest BCUT2D eigenvalue weighted by Crippen LogP contribution is -2.30. The molecule has 1 unspecified atom stereocenters. The number of methoxy groups -OCH3 is 4. The minimum absolute atomic E-state index is 0.0159. The summed E-state index contributed by atoms with van der Waals surface area (Å²) < 4.78 is 21.4. The zero-order chi connectivity index (χ0) is 33.8. The molecule has 0 radical (unpaired) electrons. The molecule has 0 aromatic heterocycles. The minimum atomic E-state index is -0.541. The van der Waals surface area contributed by atoms with Crippen LogP contribution in [-0.2, 0) is 9.59 Å². The van der Waals surface area contributed by atoms with Gasteiger partial charge in [0.05, 0.1) is 39.4 Å². The highest BCUT2D eigenvalue weighted by Gasteiger charge is 2.21. The van der Waals surface area contributed by atoms with Gasteiger partial charge in [-0.15, -0.1) is 11.8 Å². The highest BCUT2D eigenvalue weighted by atomic mass is 32.2. The Labute approximate surface area is 278 Å². The van der Waals surface area contributed by atoms with Gasteiger partial charge in [0.25, 0.3) is 11.8 Å². The normalized spacial score (nSPS) is 11.6. The standard InChI is InChI=1S/C36H37N3O7S/c1-6-33(36(42)38-28-22-26(43-2)16-18-30(28)44-3)47-27-14-10-13-25(21-27)37-35(41)29(39-34(40)24-11-8-7-9-12-24)19-23-15-17-31(45-4)32(20-23)46-5/h7-22,33H,6H2,1-5H3,(H,37,41)(H,38,42)(H,39,40)/b29-19+. The summed E-state index contributed by atoms with van der Waals surface area (Å²) in [6, 6.07) is 26.1. The summed E-state index contributed by atoms with van der Waals surface area (Å²) in [5.41, 5.74) is 2.00. The molecule has 0 aliphatic rings. The van der Waals surface area contributed by atoms with Gasteiger partial charge in [-0.25, -0.2) is 0 Å². The van der Waals surface area contributed by atoms with Crippen LogP contribution < -0.4 is 34.9 Å². The van der Waals surface area contributed by atoms with Crippen LogP contribution in [0.2, 0.25) is 0 Å². The molecular weight excluding hydrogens is 618 g/mol. The smallest absolute Gasteiger partial charge is 0.272 e. The van der Waals surface area contributed by atoms with Crippen LogP contribution in [0.1, 0.15) is 29.3 Å². The van der Waals surface area contributed by atoms with Crippen LogP contribution in [0, 0.1) is 0 Å². The third-order valence-electron chi connectivity index (χ3n) is 6.95. The van der Waals surface area contributed by atoms with Crippen LogP contribution in [0.3, 0.4) is 0 Å². The van der Waals surface area contributed by atoms with Crippen molar-refractivity contribution in [3.8, 4) is 23.0 Å². The van der Waals surface area contributed by atoms with Gasteiger partial charge in [0.15, 0.2) is 11.5 Å². The Kier molecular flexibility index (Phi) is 12.3. The van der Waals surface area contributed by atoms with E-state index in [9.17, 15) is 14.4 Å². The third-order valence-corrected chi connectivity index (χ3v) is 8.30. The Bertz CT molecular complexity index is 1740. The number of rotatable bonds is 14. The van der Waals surface area contributed by atoms with Crippen molar-refractivity contribution >= 4 is 46.9 Å². The summed E-state index contributed by atoms with van der Waals surface area (Å²) >= 11 is 1.36. The average Bonchev–Trinajstić information content (AvgIpc) is 3.10. The molecule has 3 amide bonds. The number of hydrogen-bond donors (Lipinski definition) is 3. The molecule has 244 valence electrons. The van der Waals surface area contributed by atoms with Crippen molar-refractivity contribution in [2.75, 3.05) is 39.1 Å². The van der Waals surface area contributed by atoms with Gasteiger partial charge in [-0.3, -0.25) is 14.4 Å². The van der Waals surface area contributed by atoms with E-state index in [0.717, 1.165) is 4.90 Å². The highest BCUT2D eigenvalue weighted by Crippen LogP contribution is 2.33. The topological polar surface area (TPSA) is 124 Å². The molecular formula is C36H37N3O7S. The van der Waals surface area contributed by atoms with Gasteiger partial charge in [-0.05, 0) is 72.7 Å². The molecule has 0 saturated heterocycles. The Morgan fingerprint density at radius 3 is 2.15 bits per heavy atom. The first-order valence-corrected chi connectivity index (χ1v) is 15.6. The van der Waals surface area contributed by atoms with E-state index in [-0.39, 0.29) is 11.6 Å². The predicted octanol–water partition coefficient (Wildman–Crippen LogP) is 6.64. The number of ether oxygens (including phenoxy) is 4. The van der Waals surface area contributed by atoms with Crippen molar-refractivity contribution < 1.29 is 33.3 Å². The van der Waals surface area contributed by atoms with Gasteiger partial charge >= 0.3 is 0 Å². The fourth-order valence-electron chi connectivity index (χ4n) is 4.51. The number of amides is 3. The molecule has 4 aromatic rings. The van der Waals surface area contributed by atoms with E-state index in [4.69, 9.17) is 18.9 Å². The van der Waals surface area contributed by atoms with Gasteiger partial charge in [0.2, 0.25) is 5.91 Å². The third kappa shape index (κ3) is 9.30. The zero-order valence-corrected chi connectivity index (χ0v) is 27.6. The summed E-state index contributed by atoms with van der Waals surface area (Å²) in [6.07, 6.45) is 2.10. The minimum Gasteiger partial charge on any atom is -0.497 e. The molecule has 11 heteroatoms. The van der Waals surface area contributed by atoms with Gasteiger partial charge in [-0.1, -0.05) is 37.3 Å². The van der Waals surface area contributed by atoms with Gasteiger partial charge in [0.1, 0.15) is 17.2 Å². The fourth-order valence-corrected chi connectivity index (χ4v) is 5.52. The summed E-state index contributed by atoms with van der Waals surface area (Å²) in [6.45, 7) is 1.92. The van der Waals surface area contributed by atoms with E-state index in [1.807, 2.05) is 13.0 Å². The maximum Gasteiger partial charge on any atom is 0.272 e. The van der Waals surface area contributed by atoms with Crippen molar-refractivity contribution in [3.05, 3.63) is 108 Å². The Balaban J connectivity index is 1.54. The number of benzene rings is 4. The fraction of sp³-hybridized carbons (Fsp3) is 0.194. The first-order chi connectivity index (χ1) is 22.8. The number of carbonyl (C=O) groups excluding carboxylic acids is 3. The van der Waals surface area contributed by atoms with Crippen LogP contribution in [0.4, 0.5) is 11.4 Å². The van der Waals surface area contributed by atoms with Crippen LogP contribution in [0.5, 0.6) is 23.0 Å². The molecule has 0 bridgehead atoms. The lowest BCUT2D eigenvalue weighted by Gasteiger charge is -2.17. The number of carbonyl (C=O) groups is 3. The van der Waals surface area contributed by atoms with E-state index in [0.29, 0.717) is 51.9 Å². The van der Waals surface area contributed by atoms with E-state index in [2.05, 4.69) is 16.0 Å². The number of anilines is 2. The van der Waals surface area contributed by atoms with Crippen molar-refractivity contribution in [1.29, 1.82) is 0 Å². The molecule has 0 saturated carbocycles. The van der Waals surface area contributed by atoms with E-state index in [1.54, 1.807) is 98.1 Å². The predicted molar refractivity (Wildman–Crippen MR) is 185 cm³/mol. The second-order valence-electron chi connectivity index (χ2n) is 10.0. The van der Waals surface area contributed by atoms with Gasteiger partial charge < -0.3 is 34.9 Å². The first-order valence-electron chi connectivity index (χ1n) is 14.7. The summed E-state index contributed by atoms with van der Waals surface area (Å²) in [7, 11) is 6.14. The zero-order valence-electron chi connectivity index (χ0n) is 26.8. The van der Waals surface area contributed by atoms with Crippen molar-refractivity contribution in [1.82, 2.24) is 5.32 Å². The molecule has 10 nitrogen and oxygen atoms in total. The molecule has 3 N–H and O–H groups in total. The first kappa shape index (κ1) is 34.5. The molecule has 0 aliphatic carbocycles. The van der Waals surface area contributed by atoms with Crippen LogP contribution in [0.15, 0.2) is 102 Å². The second-order valence-corrected chi connectivity index (χ2v) is 11.3. The van der Waals surface area contributed by atoms with E-state index >= 15 is 0 Å². The van der Waals surface area contributed by atoms with Crippen LogP contribution >= 0.6 is 11.8 Å². The van der Waals surface area contributed by atoms with Crippen molar-refractivity contribution in [3.63, 3.8) is 0 Å². The lowest BCUT2D eigenvalue weighted by atomic mass is 10.1. The maximum atomic E-state index is 13.6. The number of thioether (sulfide) groups is 1. The Morgan fingerprint density at radius 2 is 1.47 bits per heavy atom. The lowest BCUT2D eigenvalue weighted by molar-refractivity contribution is -0.116. The Hall–Kier alpha value is -5.42. The summed E-state index contributed by atoms with van der Waals surface area (Å²) in [5.74, 6) is 0.911. The van der Waals surface area contributed by atoms with Crippen molar-refractivity contribution in [2.24, 2.45) is 0 Å². The quantitative estimate of drug-likeness (QED) is 0.102. The summed E-state index contributed by atoms with van der Waals surface area (Å²) in [5, 5.41) is 8.11. The average molecular weight is 656 g/mol. The largest absolute Gasteiger partial charge is 0.497 e. The van der Waals surface area contributed by atoms with Gasteiger partial charge in [0, 0.05) is 22.2 Å². The molecule has 4 rings (SSSR count). The van der Waals surface area contributed by atoms with E-state index < -0.39 is 17.1 Å². The Morgan fingerprint density at radius 1 is 0.745 bits per heavy atom. The SMILES string of the molecule is CCC(Sc1cccc(NC(=O)/C(=C\c2ccc(OC)c(OC)c2)NC(=O)c2ccccc2)c1)C(=O)Nc1cc(OC)ccc1OC. The van der Waals surface area contributed by atoms with Crippen LogP contribution in [-0.4, -0.2) is 51.4 Å². The molecule has 1 atom stereocenters. The van der Waals surface area contributed by atoms with Gasteiger partial charge in [-0.2, -0.15) is 0 Å². The highest BCUT2D eigenvalue weighted by molar-refractivity contribution is 8.00. The van der Waals surface area contributed by atoms with Crippen molar-refractivity contribution in [2.45, 2.75) is 23.5 Å². The van der Waals surface area contributed by atoms with Crippen LogP contribution in [0.25, 0.3) is 6.08 Å². The summed E-state index contributed by atoms with van der Waals surface area (Å²) in [4.78, 5) is 40.8. The molecule has 4 aromatic carbocycles. The monoisotopic (exact) mass is 655 g/mol. The molecule has 0 heterocycles. The molecule has 47 heavy (non-hydrogen) atoms. The molecule has 0 spiro atoms. The second kappa shape index (κ2) is 16.8. The maximum absolute atomic E-state index is 13.6. The number of hydrogen-bond acceptors (Lipinski definition) is 8. The molecule has 0 aliphatic heterocycles. The molecule has 0 fully saturated rings. The van der Waals surface area contributed by atoms with E-state index in [1.165, 1.54) is 33.1 Å².